The SMILES string of the molecule is CCCNCc1sccc1S(=O)(=O)NC(CC)CC1CC1. The molecule has 1 fully saturated rings. The molecule has 1 aliphatic carbocycles. The molecule has 0 radical (unpaired) electrons. The van der Waals surface area contributed by atoms with E-state index in [2.05, 4.69) is 17.0 Å². The predicted octanol–water partition coefficient (Wildman–Crippen LogP) is 3.10. The average Bonchev–Trinajstić information content (AvgIpc) is 3.12. The van der Waals surface area contributed by atoms with E-state index >= 15 is 0 Å². The van der Waals surface area contributed by atoms with Crippen molar-refractivity contribution in [1.29, 1.82) is 0 Å². The molecule has 4 nitrogen and oxygen atoms in total. The van der Waals surface area contributed by atoms with Crippen molar-refractivity contribution in [2.24, 2.45) is 5.92 Å². The Labute approximate surface area is 132 Å². The zero-order valence-corrected chi connectivity index (χ0v) is 14.5. The van der Waals surface area contributed by atoms with Crippen LogP contribution in [-0.4, -0.2) is 21.0 Å². The van der Waals surface area contributed by atoms with Gasteiger partial charge in [-0.15, -0.1) is 11.3 Å². The molecule has 120 valence electrons. The summed E-state index contributed by atoms with van der Waals surface area (Å²) in [5.41, 5.74) is 0. The van der Waals surface area contributed by atoms with Crippen LogP contribution < -0.4 is 10.0 Å². The summed E-state index contributed by atoms with van der Waals surface area (Å²) in [5, 5.41) is 5.14. The van der Waals surface area contributed by atoms with Crippen molar-refractivity contribution in [3.05, 3.63) is 16.3 Å². The second-order valence-electron chi connectivity index (χ2n) is 5.79. The molecule has 1 heterocycles. The van der Waals surface area contributed by atoms with Crippen LogP contribution in [0.15, 0.2) is 16.3 Å². The molecule has 0 amide bonds. The second-order valence-corrected chi connectivity index (χ2v) is 8.47. The maximum absolute atomic E-state index is 12.6. The summed E-state index contributed by atoms with van der Waals surface area (Å²) in [7, 11) is -3.39. The fourth-order valence-electron chi connectivity index (χ4n) is 2.41. The molecule has 1 aromatic rings. The fraction of sp³-hybridized carbons (Fsp3) is 0.733. The summed E-state index contributed by atoms with van der Waals surface area (Å²) in [6.07, 6.45) is 5.38. The van der Waals surface area contributed by atoms with Crippen molar-refractivity contribution in [3.8, 4) is 0 Å². The molecule has 2 rings (SSSR count). The first-order valence-electron chi connectivity index (χ1n) is 7.86. The second kappa shape index (κ2) is 7.72. The Balaban J connectivity index is 2.02. The van der Waals surface area contributed by atoms with Gasteiger partial charge in [0.2, 0.25) is 10.0 Å². The molecular weight excluding hydrogens is 304 g/mol. The average molecular weight is 331 g/mol. The summed E-state index contributed by atoms with van der Waals surface area (Å²) in [6.45, 7) is 5.68. The van der Waals surface area contributed by atoms with E-state index in [-0.39, 0.29) is 6.04 Å². The minimum Gasteiger partial charge on any atom is -0.312 e. The van der Waals surface area contributed by atoms with Gasteiger partial charge in [0, 0.05) is 17.5 Å². The Kier molecular flexibility index (Phi) is 6.22. The van der Waals surface area contributed by atoms with Gasteiger partial charge in [0.15, 0.2) is 0 Å². The van der Waals surface area contributed by atoms with Crippen molar-refractivity contribution < 1.29 is 8.42 Å². The highest BCUT2D eigenvalue weighted by Crippen LogP contribution is 2.34. The zero-order valence-electron chi connectivity index (χ0n) is 12.9. The van der Waals surface area contributed by atoms with Crippen LogP contribution >= 0.6 is 11.3 Å². The van der Waals surface area contributed by atoms with E-state index in [9.17, 15) is 8.42 Å². The van der Waals surface area contributed by atoms with Gasteiger partial charge in [0.25, 0.3) is 0 Å². The predicted molar refractivity (Wildman–Crippen MR) is 88.1 cm³/mol. The number of hydrogen-bond acceptors (Lipinski definition) is 4. The van der Waals surface area contributed by atoms with Crippen LogP contribution in [0.1, 0.15) is 50.8 Å². The summed E-state index contributed by atoms with van der Waals surface area (Å²) in [6, 6.07) is 1.79. The number of sulfonamides is 1. The lowest BCUT2D eigenvalue weighted by Gasteiger charge is -2.17. The highest BCUT2D eigenvalue weighted by Gasteiger charge is 2.28. The molecule has 1 aliphatic rings. The molecule has 1 saturated carbocycles. The first-order chi connectivity index (χ1) is 10.1. The topological polar surface area (TPSA) is 58.2 Å². The van der Waals surface area contributed by atoms with E-state index in [1.54, 1.807) is 6.07 Å². The number of hydrogen-bond donors (Lipinski definition) is 2. The summed E-state index contributed by atoms with van der Waals surface area (Å²) < 4.78 is 28.1. The largest absolute Gasteiger partial charge is 0.312 e. The van der Waals surface area contributed by atoms with Gasteiger partial charge in [-0.25, -0.2) is 13.1 Å². The van der Waals surface area contributed by atoms with Gasteiger partial charge in [-0.3, -0.25) is 0 Å². The molecule has 0 aromatic carbocycles. The third-order valence-electron chi connectivity index (χ3n) is 3.84. The van der Waals surface area contributed by atoms with Crippen LogP contribution in [0, 0.1) is 5.92 Å². The maximum atomic E-state index is 12.6. The summed E-state index contributed by atoms with van der Waals surface area (Å²) >= 11 is 1.51. The zero-order chi connectivity index (χ0) is 15.3. The molecule has 21 heavy (non-hydrogen) atoms. The van der Waals surface area contributed by atoms with Gasteiger partial charge in [-0.1, -0.05) is 26.7 Å². The molecule has 1 atom stereocenters. The van der Waals surface area contributed by atoms with Crippen molar-refractivity contribution in [2.75, 3.05) is 6.54 Å². The van der Waals surface area contributed by atoms with Gasteiger partial charge in [0.1, 0.15) is 0 Å². The van der Waals surface area contributed by atoms with Crippen LogP contribution in [0.25, 0.3) is 0 Å². The van der Waals surface area contributed by atoms with Crippen LogP contribution in [0.5, 0.6) is 0 Å². The van der Waals surface area contributed by atoms with E-state index in [0.29, 0.717) is 11.4 Å². The Morgan fingerprint density at radius 1 is 1.38 bits per heavy atom. The van der Waals surface area contributed by atoms with Crippen LogP contribution in [0.3, 0.4) is 0 Å². The highest BCUT2D eigenvalue weighted by atomic mass is 32.2. The molecule has 0 spiro atoms. The molecule has 0 saturated heterocycles. The maximum Gasteiger partial charge on any atom is 0.241 e. The minimum atomic E-state index is -3.39. The van der Waals surface area contributed by atoms with Crippen LogP contribution in [-0.2, 0) is 16.6 Å². The molecule has 1 unspecified atom stereocenters. The van der Waals surface area contributed by atoms with Crippen molar-refractivity contribution in [1.82, 2.24) is 10.0 Å². The Bertz CT molecular complexity index is 536. The minimum absolute atomic E-state index is 0.0684. The van der Waals surface area contributed by atoms with Crippen molar-refractivity contribution in [2.45, 2.75) is 63.4 Å². The third kappa shape index (κ3) is 5.06. The number of thiophene rings is 1. The number of nitrogens with one attached hydrogen (secondary N) is 2. The quantitative estimate of drug-likeness (QED) is 0.648. The lowest BCUT2D eigenvalue weighted by atomic mass is 10.1. The van der Waals surface area contributed by atoms with Gasteiger partial charge < -0.3 is 5.32 Å². The fourth-order valence-corrected chi connectivity index (χ4v) is 5.16. The normalized spacial score (nSPS) is 17.0. The third-order valence-corrected chi connectivity index (χ3v) is 6.49. The standard InChI is InChI=1S/C15H26N2O2S2/c1-3-8-16-11-14-15(7-9-20-14)21(18,19)17-13(4-2)10-12-5-6-12/h7,9,12-13,16-17H,3-6,8,10-11H2,1-2H3. The van der Waals surface area contributed by atoms with E-state index in [0.717, 1.165) is 36.6 Å². The Morgan fingerprint density at radius 2 is 2.14 bits per heavy atom. The van der Waals surface area contributed by atoms with E-state index in [1.807, 2.05) is 12.3 Å². The Hall–Kier alpha value is -0.430. The van der Waals surface area contributed by atoms with Crippen molar-refractivity contribution in [3.63, 3.8) is 0 Å². The van der Waals surface area contributed by atoms with E-state index in [4.69, 9.17) is 0 Å². The molecular formula is C15H26N2O2S2. The molecule has 6 heteroatoms. The van der Waals surface area contributed by atoms with Crippen molar-refractivity contribution >= 4 is 21.4 Å². The summed E-state index contributed by atoms with van der Waals surface area (Å²) in [5.74, 6) is 0.728. The lowest BCUT2D eigenvalue weighted by molar-refractivity contribution is 0.495. The number of rotatable bonds is 10. The molecule has 1 aromatic heterocycles. The van der Waals surface area contributed by atoms with Crippen LogP contribution in [0.2, 0.25) is 0 Å². The first-order valence-corrected chi connectivity index (χ1v) is 10.2. The van der Waals surface area contributed by atoms with Gasteiger partial charge in [-0.05, 0) is 43.2 Å². The van der Waals surface area contributed by atoms with Gasteiger partial charge >= 0.3 is 0 Å². The van der Waals surface area contributed by atoms with Gasteiger partial charge in [0.05, 0.1) is 4.90 Å². The van der Waals surface area contributed by atoms with Crippen LogP contribution in [0.4, 0.5) is 0 Å². The van der Waals surface area contributed by atoms with E-state index in [1.165, 1.54) is 24.2 Å². The summed E-state index contributed by atoms with van der Waals surface area (Å²) in [4.78, 5) is 1.35. The monoisotopic (exact) mass is 330 g/mol. The van der Waals surface area contributed by atoms with E-state index < -0.39 is 10.0 Å². The molecule has 2 N–H and O–H groups in total. The molecule has 0 bridgehead atoms. The smallest absolute Gasteiger partial charge is 0.241 e. The first kappa shape index (κ1) is 16.9. The van der Waals surface area contributed by atoms with Gasteiger partial charge in [-0.2, -0.15) is 0 Å². The highest BCUT2D eigenvalue weighted by molar-refractivity contribution is 7.89. The molecule has 0 aliphatic heterocycles. The lowest BCUT2D eigenvalue weighted by Crippen LogP contribution is -2.35. The Morgan fingerprint density at radius 3 is 2.76 bits per heavy atom.